The Balaban J connectivity index is 4.78. The Morgan fingerprint density at radius 1 is 1.53 bits per heavy atom. The highest BCUT2D eigenvalue weighted by Crippen LogP contribution is 2.22. The molecule has 1 atom stereocenters. The zero-order valence-corrected chi connectivity index (χ0v) is 9.71. The van der Waals surface area contributed by atoms with Crippen molar-refractivity contribution in [3.8, 4) is 18.4 Å². The number of nitriles is 1. The van der Waals surface area contributed by atoms with Crippen molar-refractivity contribution < 1.29 is 4.79 Å². The molecule has 0 aromatic carbocycles. The molecule has 0 spiro atoms. The molecule has 0 aliphatic heterocycles. The Bertz CT molecular complexity index is 298. The van der Waals surface area contributed by atoms with Crippen LogP contribution < -0.4 is 0 Å². The molecule has 0 rings (SSSR count). The van der Waals surface area contributed by atoms with Crippen molar-refractivity contribution in [1.82, 2.24) is 4.90 Å². The Labute approximate surface area is 92.1 Å². The van der Waals surface area contributed by atoms with Crippen LogP contribution in [0.4, 0.5) is 0 Å². The molecule has 0 bridgehead atoms. The number of carbonyl (C=O) groups excluding carboxylic acids is 1. The van der Waals surface area contributed by atoms with Crippen LogP contribution in [0.1, 0.15) is 33.6 Å². The Morgan fingerprint density at radius 2 is 2.13 bits per heavy atom. The molecule has 0 heterocycles. The van der Waals surface area contributed by atoms with Gasteiger partial charge in [0, 0.05) is 6.54 Å². The third-order valence-electron chi connectivity index (χ3n) is 2.49. The van der Waals surface area contributed by atoms with Crippen molar-refractivity contribution in [3.05, 3.63) is 0 Å². The minimum Gasteiger partial charge on any atom is -0.330 e. The van der Waals surface area contributed by atoms with E-state index in [1.807, 2.05) is 13.8 Å². The van der Waals surface area contributed by atoms with E-state index >= 15 is 0 Å². The van der Waals surface area contributed by atoms with Crippen LogP contribution in [-0.2, 0) is 4.79 Å². The first kappa shape index (κ1) is 13.5. The van der Waals surface area contributed by atoms with E-state index in [1.165, 1.54) is 0 Å². The Morgan fingerprint density at radius 3 is 2.47 bits per heavy atom. The summed E-state index contributed by atoms with van der Waals surface area (Å²) in [5.41, 5.74) is -0.938. The van der Waals surface area contributed by atoms with Crippen molar-refractivity contribution in [2.75, 3.05) is 13.1 Å². The van der Waals surface area contributed by atoms with E-state index in [0.29, 0.717) is 13.0 Å². The van der Waals surface area contributed by atoms with Crippen molar-refractivity contribution in [1.29, 1.82) is 5.26 Å². The quantitative estimate of drug-likeness (QED) is 0.644. The van der Waals surface area contributed by atoms with E-state index in [1.54, 1.807) is 11.8 Å². The van der Waals surface area contributed by atoms with Gasteiger partial charge in [0.25, 0.3) is 0 Å². The molecule has 0 N–H and O–H groups in total. The molecular formula is C12H18N2O. The summed E-state index contributed by atoms with van der Waals surface area (Å²) in [6.07, 6.45) is 6.55. The maximum absolute atomic E-state index is 12.0. The van der Waals surface area contributed by atoms with Crippen LogP contribution in [0.2, 0.25) is 0 Å². The molecule has 0 aliphatic carbocycles. The molecule has 1 amide bonds. The molecule has 0 fully saturated rings. The lowest BCUT2D eigenvalue weighted by molar-refractivity contribution is -0.137. The smallest absolute Gasteiger partial charge is 0.243 e. The normalized spacial score (nSPS) is 13.4. The molecule has 1 unspecified atom stereocenters. The molecule has 0 saturated heterocycles. The lowest BCUT2D eigenvalue weighted by Crippen LogP contribution is -2.42. The standard InChI is InChI=1S/C12H18N2O/c1-5-8-14(9-6-2)11(15)12(4,7-3)10-13/h1H,6-9H2,2-4H3. The fourth-order valence-corrected chi connectivity index (χ4v) is 1.26. The number of terminal acetylenes is 1. The zero-order valence-electron chi connectivity index (χ0n) is 9.71. The lowest BCUT2D eigenvalue weighted by Gasteiger charge is -2.27. The van der Waals surface area contributed by atoms with Crippen LogP contribution in [0, 0.1) is 29.1 Å². The molecule has 0 saturated carbocycles. The second kappa shape index (κ2) is 6.09. The fourth-order valence-electron chi connectivity index (χ4n) is 1.26. The van der Waals surface area contributed by atoms with Gasteiger partial charge in [-0.3, -0.25) is 4.79 Å². The first-order chi connectivity index (χ1) is 7.05. The van der Waals surface area contributed by atoms with Gasteiger partial charge in [-0.15, -0.1) is 6.42 Å². The third-order valence-corrected chi connectivity index (χ3v) is 2.49. The van der Waals surface area contributed by atoms with Gasteiger partial charge in [-0.1, -0.05) is 19.8 Å². The summed E-state index contributed by atoms with van der Waals surface area (Å²) >= 11 is 0. The van der Waals surface area contributed by atoms with Gasteiger partial charge >= 0.3 is 0 Å². The first-order valence-electron chi connectivity index (χ1n) is 5.19. The minimum atomic E-state index is -0.938. The molecule has 15 heavy (non-hydrogen) atoms. The molecule has 0 radical (unpaired) electrons. The molecule has 0 aromatic rings. The van der Waals surface area contributed by atoms with Crippen LogP contribution in [0.25, 0.3) is 0 Å². The lowest BCUT2D eigenvalue weighted by atomic mass is 9.87. The predicted molar refractivity (Wildman–Crippen MR) is 59.7 cm³/mol. The Hall–Kier alpha value is -1.48. The van der Waals surface area contributed by atoms with Crippen molar-refractivity contribution >= 4 is 5.91 Å². The van der Waals surface area contributed by atoms with Crippen LogP contribution >= 0.6 is 0 Å². The summed E-state index contributed by atoms with van der Waals surface area (Å²) in [7, 11) is 0. The second-order valence-corrected chi connectivity index (χ2v) is 3.73. The van der Waals surface area contributed by atoms with E-state index < -0.39 is 5.41 Å². The number of amides is 1. The van der Waals surface area contributed by atoms with Crippen molar-refractivity contribution in [2.24, 2.45) is 5.41 Å². The van der Waals surface area contributed by atoms with Crippen LogP contribution in [0.3, 0.4) is 0 Å². The average Bonchev–Trinajstić information content (AvgIpc) is 2.26. The van der Waals surface area contributed by atoms with Gasteiger partial charge in [-0.25, -0.2) is 0 Å². The molecule has 82 valence electrons. The molecule has 0 aliphatic rings. The van der Waals surface area contributed by atoms with E-state index in [9.17, 15) is 4.79 Å². The van der Waals surface area contributed by atoms with Gasteiger partial charge in [0.1, 0.15) is 5.41 Å². The number of hydrogen-bond donors (Lipinski definition) is 0. The zero-order chi connectivity index (χ0) is 11.9. The highest BCUT2D eigenvalue weighted by molar-refractivity contribution is 5.85. The van der Waals surface area contributed by atoms with Crippen LogP contribution in [0.5, 0.6) is 0 Å². The largest absolute Gasteiger partial charge is 0.330 e. The maximum Gasteiger partial charge on any atom is 0.243 e. The van der Waals surface area contributed by atoms with Crippen molar-refractivity contribution in [3.63, 3.8) is 0 Å². The summed E-state index contributed by atoms with van der Waals surface area (Å²) in [6.45, 7) is 6.37. The van der Waals surface area contributed by atoms with Gasteiger partial charge < -0.3 is 4.90 Å². The van der Waals surface area contributed by atoms with E-state index in [-0.39, 0.29) is 12.5 Å². The summed E-state index contributed by atoms with van der Waals surface area (Å²) < 4.78 is 0. The predicted octanol–water partition coefficient (Wildman–Crippen LogP) is 1.80. The topological polar surface area (TPSA) is 44.1 Å². The number of hydrogen-bond acceptors (Lipinski definition) is 2. The monoisotopic (exact) mass is 206 g/mol. The highest BCUT2D eigenvalue weighted by Gasteiger charge is 2.34. The Kier molecular flexibility index (Phi) is 5.49. The number of nitrogens with zero attached hydrogens (tertiary/aromatic N) is 2. The molecule has 3 heteroatoms. The summed E-state index contributed by atoms with van der Waals surface area (Å²) in [5.74, 6) is 2.29. The van der Waals surface area contributed by atoms with Crippen molar-refractivity contribution in [2.45, 2.75) is 33.6 Å². The fraction of sp³-hybridized carbons (Fsp3) is 0.667. The van der Waals surface area contributed by atoms with Crippen LogP contribution in [-0.4, -0.2) is 23.9 Å². The second-order valence-electron chi connectivity index (χ2n) is 3.73. The van der Waals surface area contributed by atoms with Gasteiger partial charge in [0.05, 0.1) is 12.6 Å². The molecular weight excluding hydrogens is 188 g/mol. The van der Waals surface area contributed by atoms with Crippen LogP contribution in [0.15, 0.2) is 0 Å². The third kappa shape index (κ3) is 3.29. The van der Waals surface area contributed by atoms with Gasteiger partial charge in [-0.2, -0.15) is 5.26 Å². The maximum atomic E-state index is 12.0. The highest BCUT2D eigenvalue weighted by atomic mass is 16.2. The van der Waals surface area contributed by atoms with Gasteiger partial charge in [0.2, 0.25) is 5.91 Å². The van der Waals surface area contributed by atoms with E-state index in [2.05, 4.69) is 12.0 Å². The van der Waals surface area contributed by atoms with E-state index in [0.717, 1.165) is 6.42 Å². The minimum absolute atomic E-state index is 0.160. The van der Waals surface area contributed by atoms with Gasteiger partial charge in [-0.05, 0) is 19.8 Å². The summed E-state index contributed by atoms with van der Waals surface area (Å²) in [6, 6.07) is 2.07. The van der Waals surface area contributed by atoms with E-state index in [4.69, 9.17) is 11.7 Å². The summed E-state index contributed by atoms with van der Waals surface area (Å²) in [5, 5.41) is 8.99. The SMILES string of the molecule is C#CCN(CCC)C(=O)C(C)(C#N)CC. The average molecular weight is 206 g/mol. The molecule has 3 nitrogen and oxygen atoms in total. The number of rotatable bonds is 5. The summed E-state index contributed by atoms with van der Waals surface area (Å²) in [4.78, 5) is 13.6. The number of carbonyl (C=O) groups is 1. The molecule has 0 aromatic heterocycles. The van der Waals surface area contributed by atoms with Gasteiger partial charge in [0.15, 0.2) is 0 Å². The first-order valence-corrected chi connectivity index (χ1v) is 5.19.